The van der Waals surface area contributed by atoms with Crippen LogP contribution in [0.5, 0.6) is 0 Å². The molecule has 3 nitrogen and oxygen atoms in total. The summed E-state index contributed by atoms with van der Waals surface area (Å²) in [6.07, 6.45) is -2.66. The summed E-state index contributed by atoms with van der Waals surface area (Å²) >= 11 is 6.91. The number of rotatable bonds is 4. The predicted molar refractivity (Wildman–Crippen MR) is 110 cm³/mol. The second-order valence-electron chi connectivity index (χ2n) is 6.15. The molecule has 0 spiro atoms. The molecule has 9 heteroatoms. The van der Waals surface area contributed by atoms with Crippen LogP contribution in [-0.4, -0.2) is 11.0 Å². The Balaban J connectivity index is 1.66. The average molecular weight is 427 g/mol. The quantitative estimate of drug-likeness (QED) is 0.470. The maximum atomic E-state index is 13.3. The van der Waals surface area contributed by atoms with Gasteiger partial charge < -0.3 is 15.5 Å². The SMILES string of the molecule is CC(NC(=S)Nc1ccc(N2C=CSC2)cc1)c1ccc(F)cc1C(F)(F)F. The monoisotopic (exact) mass is 427 g/mol. The van der Waals surface area contributed by atoms with Gasteiger partial charge in [0.1, 0.15) is 5.82 Å². The van der Waals surface area contributed by atoms with Crippen LogP contribution in [0.2, 0.25) is 0 Å². The molecule has 1 aliphatic heterocycles. The van der Waals surface area contributed by atoms with E-state index < -0.39 is 23.6 Å². The molecule has 1 heterocycles. The predicted octanol–water partition coefficient (Wildman–Crippen LogP) is 5.87. The van der Waals surface area contributed by atoms with E-state index in [2.05, 4.69) is 15.5 Å². The van der Waals surface area contributed by atoms with E-state index in [1.54, 1.807) is 11.8 Å². The fraction of sp³-hybridized carbons (Fsp3) is 0.211. The Morgan fingerprint density at radius 3 is 2.50 bits per heavy atom. The Morgan fingerprint density at radius 1 is 1.18 bits per heavy atom. The molecular weight excluding hydrogens is 410 g/mol. The summed E-state index contributed by atoms with van der Waals surface area (Å²) in [5.41, 5.74) is 0.641. The van der Waals surface area contributed by atoms with E-state index in [1.165, 1.54) is 6.92 Å². The van der Waals surface area contributed by atoms with Crippen LogP contribution in [0.1, 0.15) is 24.1 Å². The number of hydrogen-bond donors (Lipinski definition) is 2. The van der Waals surface area contributed by atoms with Crippen molar-refractivity contribution in [3.05, 3.63) is 71.0 Å². The third-order valence-electron chi connectivity index (χ3n) is 4.14. The first-order valence-corrected chi connectivity index (χ1v) is 9.79. The van der Waals surface area contributed by atoms with Crippen LogP contribution in [0, 0.1) is 5.82 Å². The molecular formula is C19H17F4N3S2. The molecule has 2 aromatic carbocycles. The number of alkyl halides is 3. The van der Waals surface area contributed by atoms with Crippen molar-refractivity contribution < 1.29 is 17.6 Å². The standard InChI is InChI=1S/C19H17F4N3S2/c1-12(16-7-2-13(20)10-17(16)19(21,22)23)24-18(27)25-14-3-5-15(6-4-14)26-8-9-28-11-26/h2-10,12H,11H2,1H3,(H2,24,25,27). The lowest BCUT2D eigenvalue weighted by atomic mass is 10.0. The minimum atomic E-state index is -4.65. The Bertz CT molecular complexity index is 882. The Labute approximate surface area is 169 Å². The summed E-state index contributed by atoms with van der Waals surface area (Å²) in [5.74, 6) is -0.0842. The molecule has 0 radical (unpaired) electrons. The van der Waals surface area contributed by atoms with E-state index in [0.717, 1.165) is 23.7 Å². The summed E-state index contributed by atoms with van der Waals surface area (Å²) in [7, 11) is 0. The van der Waals surface area contributed by atoms with Crippen LogP contribution in [0.25, 0.3) is 0 Å². The van der Waals surface area contributed by atoms with Gasteiger partial charge in [0.05, 0.1) is 17.5 Å². The van der Waals surface area contributed by atoms with Gasteiger partial charge in [-0.25, -0.2) is 4.39 Å². The highest BCUT2D eigenvalue weighted by Crippen LogP contribution is 2.35. The third-order valence-corrected chi connectivity index (χ3v) is 5.10. The lowest BCUT2D eigenvalue weighted by Gasteiger charge is -2.21. The zero-order valence-electron chi connectivity index (χ0n) is 14.8. The number of anilines is 2. The number of hydrogen-bond acceptors (Lipinski definition) is 3. The number of benzene rings is 2. The van der Waals surface area contributed by atoms with Gasteiger partial charge in [-0.1, -0.05) is 6.07 Å². The van der Waals surface area contributed by atoms with Crippen LogP contribution < -0.4 is 15.5 Å². The fourth-order valence-corrected chi connectivity index (χ4v) is 3.78. The lowest BCUT2D eigenvalue weighted by molar-refractivity contribution is -0.138. The largest absolute Gasteiger partial charge is 0.416 e. The molecule has 2 N–H and O–H groups in total. The summed E-state index contributed by atoms with van der Waals surface area (Å²) in [6.45, 7) is 1.54. The van der Waals surface area contributed by atoms with Crippen LogP contribution in [0.4, 0.5) is 28.9 Å². The number of thiocarbonyl (C=S) groups is 1. The van der Waals surface area contributed by atoms with Crippen LogP contribution in [0.3, 0.4) is 0 Å². The number of nitrogens with one attached hydrogen (secondary N) is 2. The van der Waals surface area contributed by atoms with Gasteiger partial charge in [0, 0.05) is 17.6 Å². The van der Waals surface area contributed by atoms with E-state index in [-0.39, 0.29) is 10.7 Å². The molecule has 0 saturated heterocycles. The molecule has 0 aromatic heterocycles. The minimum Gasteiger partial charge on any atom is -0.356 e. The maximum Gasteiger partial charge on any atom is 0.416 e. The molecule has 148 valence electrons. The molecule has 1 unspecified atom stereocenters. The Hall–Kier alpha value is -2.26. The summed E-state index contributed by atoms with van der Waals surface area (Å²) in [4.78, 5) is 2.08. The molecule has 1 aliphatic rings. The molecule has 0 aliphatic carbocycles. The van der Waals surface area contributed by atoms with Crippen molar-refractivity contribution in [1.29, 1.82) is 0 Å². The van der Waals surface area contributed by atoms with Crippen molar-refractivity contribution in [2.75, 3.05) is 16.1 Å². The van der Waals surface area contributed by atoms with E-state index in [4.69, 9.17) is 12.2 Å². The molecule has 28 heavy (non-hydrogen) atoms. The van der Waals surface area contributed by atoms with Gasteiger partial charge in [-0.05, 0) is 66.5 Å². The van der Waals surface area contributed by atoms with Crippen molar-refractivity contribution in [2.24, 2.45) is 0 Å². The molecule has 0 bridgehead atoms. The number of thioether (sulfide) groups is 1. The van der Waals surface area contributed by atoms with Gasteiger partial charge in [0.15, 0.2) is 5.11 Å². The van der Waals surface area contributed by atoms with Crippen LogP contribution in [0.15, 0.2) is 54.1 Å². The fourth-order valence-electron chi connectivity index (χ4n) is 2.77. The van der Waals surface area contributed by atoms with E-state index in [0.29, 0.717) is 11.8 Å². The topological polar surface area (TPSA) is 27.3 Å². The van der Waals surface area contributed by atoms with Gasteiger partial charge >= 0.3 is 6.18 Å². The van der Waals surface area contributed by atoms with E-state index >= 15 is 0 Å². The van der Waals surface area contributed by atoms with Gasteiger partial charge in [-0.2, -0.15) is 13.2 Å². The Morgan fingerprint density at radius 2 is 1.89 bits per heavy atom. The highest BCUT2D eigenvalue weighted by atomic mass is 32.2. The summed E-state index contributed by atoms with van der Waals surface area (Å²) < 4.78 is 52.8. The maximum absolute atomic E-state index is 13.3. The highest BCUT2D eigenvalue weighted by molar-refractivity contribution is 8.02. The van der Waals surface area contributed by atoms with Gasteiger partial charge in [-0.3, -0.25) is 0 Å². The zero-order valence-corrected chi connectivity index (χ0v) is 16.4. The van der Waals surface area contributed by atoms with Crippen molar-refractivity contribution in [3.63, 3.8) is 0 Å². The van der Waals surface area contributed by atoms with Crippen molar-refractivity contribution in [2.45, 2.75) is 19.1 Å². The number of halogens is 4. The first-order valence-electron chi connectivity index (χ1n) is 8.33. The molecule has 0 amide bonds. The second kappa shape index (κ2) is 8.40. The van der Waals surface area contributed by atoms with Crippen LogP contribution in [-0.2, 0) is 6.18 Å². The first kappa shape index (κ1) is 20.5. The zero-order chi connectivity index (χ0) is 20.3. The summed E-state index contributed by atoms with van der Waals surface area (Å²) in [5, 5.41) is 7.96. The Kier molecular flexibility index (Phi) is 6.14. The number of nitrogens with zero attached hydrogens (tertiary/aromatic N) is 1. The normalized spacial score (nSPS) is 14.8. The summed E-state index contributed by atoms with van der Waals surface area (Å²) in [6, 6.07) is 9.38. The molecule has 0 saturated carbocycles. The third kappa shape index (κ3) is 4.96. The first-order chi connectivity index (χ1) is 13.2. The second-order valence-corrected chi connectivity index (χ2v) is 7.42. The van der Waals surface area contributed by atoms with Gasteiger partial charge in [-0.15, -0.1) is 11.8 Å². The highest BCUT2D eigenvalue weighted by Gasteiger charge is 2.35. The van der Waals surface area contributed by atoms with Crippen LogP contribution >= 0.6 is 24.0 Å². The average Bonchev–Trinajstić information content (AvgIpc) is 3.16. The van der Waals surface area contributed by atoms with Gasteiger partial charge in [0.2, 0.25) is 0 Å². The van der Waals surface area contributed by atoms with Crippen molar-refractivity contribution in [3.8, 4) is 0 Å². The van der Waals surface area contributed by atoms with E-state index in [9.17, 15) is 17.6 Å². The molecule has 3 rings (SSSR count). The lowest BCUT2D eigenvalue weighted by Crippen LogP contribution is -2.32. The minimum absolute atomic E-state index is 0.0771. The van der Waals surface area contributed by atoms with Crippen molar-refractivity contribution >= 4 is 40.5 Å². The van der Waals surface area contributed by atoms with E-state index in [1.807, 2.05) is 35.9 Å². The molecule has 0 fully saturated rings. The van der Waals surface area contributed by atoms with Crippen molar-refractivity contribution in [1.82, 2.24) is 5.32 Å². The molecule has 2 aromatic rings. The molecule has 1 atom stereocenters. The smallest absolute Gasteiger partial charge is 0.356 e. The van der Waals surface area contributed by atoms with Gasteiger partial charge in [0.25, 0.3) is 0 Å².